The number of nitrogens with one attached hydrogen (secondary N) is 1. The Morgan fingerprint density at radius 1 is 1.46 bits per heavy atom. The molecule has 0 bridgehead atoms. The van der Waals surface area contributed by atoms with E-state index in [0.717, 1.165) is 4.90 Å². The highest BCUT2D eigenvalue weighted by molar-refractivity contribution is 8.00. The second-order valence-corrected chi connectivity index (χ2v) is 6.89. The van der Waals surface area contributed by atoms with E-state index < -0.39 is 4.92 Å². The van der Waals surface area contributed by atoms with Gasteiger partial charge in [0, 0.05) is 23.6 Å². The predicted molar refractivity (Wildman–Crippen MR) is 89.2 cm³/mol. The van der Waals surface area contributed by atoms with Gasteiger partial charge in [-0.15, -0.1) is 11.8 Å². The number of fused-ring (bicyclic) bond motifs is 1. The molecular weight excluding hydrogens is 336 g/mol. The van der Waals surface area contributed by atoms with Gasteiger partial charge in [0.1, 0.15) is 5.69 Å². The first-order valence-corrected chi connectivity index (χ1v) is 8.25. The molecule has 0 aliphatic heterocycles. The molecule has 0 atom stereocenters. The van der Waals surface area contributed by atoms with Gasteiger partial charge in [0.25, 0.3) is 0 Å². The average Bonchev–Trinajstić information content (AvgIpc) is 2.94. The Morgan fingerprint density at radius 3 is 2.79 bits per heavy atom. The molecule has 10 heteroatoms. The highest BCUT2D eigenvalue weighted by atomic mass is 32.2. The number of thioether (sulfide) groups is 1. The Kier molecular flexibility index (Phi) is 5.96. The zero-order valence-corrected chi connectivity index (χ0v) is 14.4. The molecule has 0 aliphatic carbocycles. The van der Waals surface area contributed by atoms with Crippen LogP contribution in [-0.4, -0.2) is 39.6 Å². The smallest absolute Gasteiger partial charge is 0.323 e. The summed E-state index contributed by atoms with van der Waals surface area (Å²) in [7, 11) is 0. The van der Waals surface area contributed by atoms with Crippen molar-refractivity contribution >= 4 is 40.1 Å². The molecule has 0 spiro atoms. The molecule has 0 amide bonds. The van der Waals surface area contributed by atoms with Crippen LogP contribution < -0.4 is 5.32 Å². The Bertz CT molecular complexity index is 746. The van der Waals surface area contributed by atoms with Crippen molar-refractivity contribution in [2.75, 3.05) is 18.5 Å². The van der Waals surface area contributed by atoms with E-state index in [4.69, 9.17) is 9.37 Å². The summed E-state index contributed by atoms with van der Waals surface area (Å²) in [6.07, 6.45) is 0.526. The highest BCUT2D eigenvalue weighted by Gasteiger charge is 2.26. The van der Waals surface area contributed by atoms with Gasteiger partial charge in [-0.05, 0) is 22.8 Å². The molecule has 0 radical (unpaired) electrons. The standard InChI is InChI=1S/C14H18N4O5S/c1-8(2)24-11-7-10(15-5-4-6-22-9(3)19)14(18(20)21)13-12(11)16-23-17-13/h7-8,15H,4-6H2,1-3H3. The molecule has 0 aliphatic rings. The number of hydrogen-bond acceptors (Lipinski definition) is 9. The normalized spacial score (nSPS) is 11.0. The Morgan fingerprint density at radius 2 is 2.17 bits per heavy atom. The third-order valence-corrected chi connectivity index (χ3v) is 4.00. The van der Waals surface area contributed by atoms with Crippen molar-refractivity contribution in [1.29, 1.82) is 0 Å². The van der Waals surface area contributed by atoms with Gasteiger partial charge in [0.15, 0.2) is 5.52 Å². The van der Waals surface area contributed by atoms with Gasteiger partial charge >= 0.3 is 11.7 Å². The summed E-state index contributed by atoms with van der Waals surface area (Å²) in [5.41, 5.74) is 0.667. The molecule has 1 aromatic heterocycles. The van der Waals surface area contributed by atoms with E-state index in [-0.39, 0.29) is 29.0 Å². The summed E-state index contributed by atoms with van der Waals surface area (Å²) in [5.74, 6) is -0.355. The first kappa shape index (κ1) is 18.0. The van der Waals surface area contributed by atoms with Crippen LogP contribution in [0.1, 0.15) is 27.2 Å². The fraction of sp³-hybridized carbons (Fsp3) is 0.500. The topological polar surface area (TPSA) is 120 Å². The first-order valence-electron chi connectivity index (χ1n) is 7.37. The summed E-state index contributed by atoms with van der Waals surface area (Å²) in [6, 6.07) is 1.68. The van der Waals surface area contributed by atoms with Gasteiger partial charge in [0.05, 0.1) is 11.5 Å². The number of nitro benzene ring substituents is 1. The molecule has 2 rings (SSSR count). The van der Waals surface area contributed by atoms with Gasteiger partial charge in [-0.2, -0.15) is 0 Å². The van der Waals surface area contributed by atoms with Gasteiger partial charge in [-0.25, -0.2) is 4.63 Å². The SMILES string of the molecule is CC(=O)OCCCNc1cc(SC(C)C)c2nonc2c1[N+](=O)[O-]. The molecular formula is C14H18N4O5S. The van der Waals surface area contributed by atoms with Crippen LogP contribution in [0.15, 0.2) is 15.6 Å². The lowest BCUT2D eigenvalue weighted by Gasteiger charge is -2.10. The highest BCUT2D eigenvalue weighted by Crippen LogP contribution is 2.39. The van der Waals surface area contributed by atoms with E-state index in [2.05, 4.69) is 15.6 Å². The van der Waals surface area contributed by atoms with Crippen LogP contribution in [0.4, 0.5) is 11.4 Å². The molecule has 0 unspecified atom stereocenters. The summed E-state index contributed by atoms with van der Waals surface area (Å²) in [5, 5.41) is 22.2. The van der Waals surface area contributed by atoms with Crippen molar-refractivity contribution in [2.45, 2.75) is 37.3 Å². The molecule has 0 fully saturated rings. The minimum Gasteiger partial charge on any atom is -0.466 e. The first-order chi connectivity index (χ1) is 11.4. The van der Waals surface area contributed by atoms with Crippen molar-refractivity contribution in [1.82, 2.24) is 10.3 Å². The van der Waals surface area contributed by atoms with Crippen LogP contribution in [0.3, 0.4) is 0 Å². The van der Waals surface area contributed by atoms with Crippen LogP contribution in [0.2, 0.25) is 0 Å². The van der Waals surface area contributed by atoms with Crippen molar-refractivity contribution in [3.05, 3.63) is 16.2 Å². The molecule has 1 aromatic carbocycles. The molecule has 9 nitrogen and oxygen atoms in total. The lowest BCUT2D eigenvalue weighted by atomic mass is 10.2. The molecule has 24 heavy (non-hydrogen) atoms. The average molecular weight is 354 g/mol. The third kappa shape index (κ3) is 4.34. The Labute approximate surface area is 142 Å². The summed E-state index contributed by atoms with van der Waals surface area (Å²) in [4.78, 5) is 22.4. The van der Waals surface area contributed by atoms with Crippen LogP contribution in [0.5, 0.6) is 0 Å². The van der Waals surface area contributed by atoms with Gasteiger partial charge in [-0.1, -0.05) is 13.8 Å². The molecule has 2 aromatic rings. The quantitative estimate of drug-likeness (QED) is 0.251. The molecule has 0 saturated carbocycles. The second kappa shape index (κ2) is 7.95. The minimum atomic E-state index is -0.509. The number of carbonyl (C=O) groups excluding carboxylic acids is 1. The molecule has 0 saturated heterocycles. The largest absolute Gasteiger partial charge is 0.466 e. The zero-order chi connectivity index (χ0) is 17.7. The van der Waals surface area contributed by atoms with Crippen molar-refractivity contribution in [2.24, 2.45) is 0 Å². The number of nitro groups is 1. The number of hydrogen-bond donors (Lipinski definition) is 1. The monoisotopic (exact) mass is 354 g/mol. The van der Waals surface area contributed by atoms with Crippen LogP contribution >= 0.6 is 11.8 Å². The Balaban J connectivity index is 2.27. The maximum Gasteiger partial charge on any atom is 0.323 e. The third-order valence-electron chi connectivity index (χ3n) is 2.96. The summed E-state index contributed by atoms with van der Waals surface area (Å²) in [6.45, 7) is 6.02. The zero-order valence-electron chi connectivity index (χ0n) is 13.6. The summed E-state index contributed by atoms with van der Waals surface area (Å²) >= 11 is 1.52. The number of nitrogens with zero attached hydrogens (tertiary/aromatic N) is 3. The number of carbonyl (C=O) groups is 1. The van der Waals surface area contributed by atoms with Crippen molar-refractivity contribution in [3.63, 3.8) is 0 Å². The van der Waals surface area contributed by atoms with E-state index >= 15 is 0 Å². The number of ether oxygens (including phenoxy) is 1. The van der Waals surface area contributed by atoms with Crippen LogP contribution in [0, 0.1) is 10.1 Å². The fourth-order valence-electron chi connectivity index (χ4n) is 2.08. The second-order valence-electron chi connectivity index (χ2n) is 5.28. The van der Waals surface area contributed by atoms with Crippen LogP contribution in [0.25, 0.3) is 11.0 Å². The minimum absolute atomic E-state index is 0.119. The summed E-state index contributed by atoms with van der Waals surface area (Å²) < 4.78 is 9.54. The maximum absolute atomic E-state index is 11.4. The number of anilines is 1. The number of aromatic nitrogens is 2. The van der Waals surface area contributed by atoms with E-state index in [1.54, 1.807) is 6.07 Å². The lowest BCUT2D eigenvalue weighted by Crippen LogP contribution is -2.09. The van der Waals surface area contributed by atoms with E-state index in [9.17, 15) is 14.9 Å². The number of rotatable bonds is 8. The van der Waals surface area contributed by atoms with E-state index in [0.29, 0.717) is 24.2 Å². The van der Waals surface area contributed by atoms with E-state index in [1.165, 1.54) is 18.7 Å². The van der Waals surface area contributed by atoms with E-state index in [1.807, 2.05) is 13.8 Å². The molecule has 1 N–H and O–H groups in total. The number of benzene rings is 1. The Hall–Kier alpha value is -2.36. The van der Waals surface area contributed by atoms with Gasteiger partial charge < -0.3 is 10.1 Å². The van der Waals surface area contributed by atoms with Gasteiger partial charge in [-0.3, -0.25) is 14.9 Å². The van der Waals surface area contributed by atoms with Gasteiger partial charge in [0.2, 0.25) is 5.52 Å². The predicted octanol–water partition coefficient (Wildman–Crippen LogP) is 3.00. The maximum atomic E-state index is 11.4. The van der Waals surface area contributed by atoms with Crippen LogP contribution in [-0.2, 0) is 9.53 Å². The molecule has 1 heterocycles. The lowest BCUT2D eigenvalue weighted by molar-refractivity contribution is -0.382. The van der Waals surface area contributed by atoms with Crippen molar-refractivity contribution in [3.8, 4) is 0 Å². The fourth-order valence-corrected chi connectivity index (χ4v) is 3.01. The molecule has 130 valence electrons. The van der Waals surface area contributed by atoms with Crippen molar-refractivity contribution < 1.29 is 19.1 Å². The number of esters is 1.